The third kappa shape index (κ3) is 3.95. The van der Waals surface area contributed by atoms with Gasteiger partial charge in [0, 0.05) is 18.1 Å². The van der Waals surface area contributed by atoms with E-state index in [9.17, 15) is 0 Å². The molecule has 1 heterocycles. The summed E-state index contributed by atoms with van der Waals surface area (Å²) < 4.78 is 0. The Hall–Kier alpha value is -0.640. The maximum atomic E-state index is 6.26. The second-order valence-electron chi connectivity index (χ2n) is 3.53. The summed E-state index contributed by atoms with van der Waals surface area (Å²) in [7, 11) is 0. The lowest BCUT2D eigenvalue weighted by atomic mass is 10.1. The highest BCUT2D eigenvalue weighted by Crippen LogP contribution is 2.26. The molecule has 17 heavy (non-hydrogen) atoms. The molecule has 0 bridgehead atoms. The van der Waals surface area contributed by atoms with Crippen LogP contribution in [0.3, 0.4) is 0 Å². The highest BCUT2D eigenvalue weighted by atomic mass is 35.5. The third-order valence-corrected chi connectivity index (χ3v) is 3.10. The lowest BCUT2D eigenvalue weighted by molar-refractivity contribution is 0.816. The fourth-order valence-electron chi connectivity index (χ4n) is 1.54. The Morgan fingerprint density at radius 2 is 2.18 bits per heavy atom. The van der Waals surface area contributed by atoms with E-state index in [0.717, 1.165) is 24.6 Å². The Balaban J connectivity index is 0.00000144. The van der Waals surface area contributed by atoms with Crippen LogP contribution < -0.4 is 10.6 Å². The number of benzene rings is 1. The smallest absolute Gasteiger partial charge is 0.191 e. The fraction of sp³-hybridized carbons (Fsp3) is 0.364. The second kappa shape index (κ2) is 6.94. The average Bonchev–Trinajstić information content (AvgIpc) is 2.79. The van der Waals surface area contributed by atoms with E-state index in [1.807, 2.05) is 24.3 Å². The Morgan fingerprint density at radius 1 is 1.41 bits per heavy atom. The highest BCUT2D eigenvalue weighted by Gasteiger charge is 2.12. The molecule has 3 nitrogen and oxygen atoms in total. The van der Waals surface area contributed by atoms with E-state index in [4.69, 9.17) is 23.2 Å². The van der Waals surface area contributed by atoms with Crippen molar-refractivity contribution in [2.24, 2.45) is 4.99 Å². The molecule has 2 rings (SSSR count). The summed E-state index contributed by atoms with van der Waals surface area (Å²) in [6.07, 6.45) is 0. The molecule has 1 aromatic carbocycles. The topological polar surface area (TPSA) is 36.4 Å². The number of nitrogens with one attached hydrogen (secondary N) is 2. The summed E-state index contributed by atoms with van der Waals surface area (Å²) in [5.41, 5.74) is 0.942. The molecule has 1 aliphatic heterocycles. The maximum absolute atomic E-state index is 6.26. The van der Waals surface area contributed by atoms with Crippen molar-refractivity contribution in [2.45, 2.75) is 5.38 Å². The Kier molecular flexibility index (Phi) is 5.89. The van der Waals surface area contributed by atoms with Gasteiger partial charge in [-0.15, -0.1) is 24.0 Å². The van der Waals surface area contributed by atoms with E-state index in [2.05, 4.69) is 15.6 Å². The van der Waals surface area contributed by atoms with Crippen molar-refractivity contribution in [2.75, 3.05) is 19.6 Å². The average molecular weight is 295 g/mol. The van der Waals surface area contributed by atoms with Gasteiger partial charge >= 0.3 is 0 Å². The van der Waals surface area contributed by atoms with E-state index in [-0.39, 0.29) is 17.8 Å². The Morgan fingerprint density at radius 3 is 2.82 bits per heavy atom. The molecular weight excluding hydrogens is 281 g/mol. The van der Waals surface area contributed by atoms with E-state index in [1.165, 1.54) is 0 Å². The molecule has 0 aliphatic carbocycles. The van der Waals surface area contributed by atoms with Crippen molar-refractivity contribution >= 4 is 41.6 Å². The Bertz CT molecular complexity index is 395. The van der Waals surface area contributed by atoms with Crippen LogP contribution in [0.15, 0.2) is 29.3 Å². The number of guanidine groups is 1. The number of hydrogen-bond donors (Lipinski definition) is 2. The summed E-state index contributed by atoms with van der Waals surface area (Å²) in [6, 6.07) is 7.61. The van der Waals surface area contributed by atoms with Gasteiger partial charge in [0.15, 0.2) is 5.96 Å². The highest BCUT2D eigenvalue weighted by molar-refractivity contribution is 6.32. The first-order valence-corrected chi connectivity index (χ1v) is 5.99. The van der Waals surface area contributed by atoms with Gasteiger partial charge in [-0.3, -0.25) is 4.99 Å². The van der Waals surface area contributed by atoms with Gasteiger partial charge < -0.3 is 10.6 Å². The molecule has 6 heteroatoms. The van der Waals surface area contributed by atoms with E-state index in [1.54, 1.807) is 0 Å². The van der Waals surface area contributed by atoms with Crippen molar-refractivity contribution in [1.82, 2.24) is 10.6 Å². The number of hydrogen-bond acceptors (Lipinski definition) is 3. The molecule has 2 N–H and O–H groups in total. The van der Waals surface area contributed by atoms with Crippen LogP contribution in [-0.4, -0.2) is 25.6 Å². The van der Waals surface area contributed by atoms with Crippen molar-refractivity contribution in [3.05, 3.63) is 34.9 Å². The van der Waals surface area contributed by atoms with Crippen molar-refractivity contribution in [3.8, 4) is 0 Å². The molecule has 0 spiro atoms. The lowest BCUT2D eigenvalue weighted by Gasteiger charge is -2.13. The first-order chi connectivity index (χ1) is 7.77. The normalized spacial score (nSPS) is 15.5. The monoisotopic (exact) mass is 293 g/mol. The zero-order valence-electron chi connectivity index (χ0n) is 9.12. The molecule has 0 amide bonds. The van der Waals surface area contributed by atoms with Gasteiger partial charge in [0.2, 0.25) is 0 Å². The molecule has 94 valence electrons. The van der Waals surface area contributed by atoms with Crippen LogP contribution in [0, 0.1) is 0 Å². The molecule has 1 aromatic rings. The SMILES string of the molecule is Cl.Clc1ccccc1C(Cl)CNC1=NCCN1. The number of halogens is 3. The Labute approximate surface area is 117 Å². The summed E-state index contributed by atoms with van der Waals surface area (Å²) in [6.45, 7) is 2.32. The molecule has 1 atom stereocenters. The van der Waals surface area contributed by atoms with Gasteiger partial charge in [-0.25, -0.2) is 0 Å². The summed E-state index contributed by atoms with van der Waals surface area (Å²) in [5, 5.41) is 6.83. The molecule has 1 aliphatic rings. The van der Waals surface area contributed by atoms with E-state index in [0.29, 0.717) is 11.6 Å². The zero-order chi connectivity index (χ0) is 11.4. The predicted octanol–water partition coefficient (Wildman–Crippen LogP) is 2.59. The molecule has 0 fully saturated rings. The van der Waals surface area contributed by atoms with Crippen LogP contribution in [0.1, 0.15) is 10.9 Å². The lowest BCUT2D eigenvalue weighted by Crippen LogP contribution is -2.35. The van der Waals surface area contributed by atoms with Gasteiger partial charge in [-0.2, -0.15) is 0 Å². The zero-order valence-corrected chi connectivity index (χ0v) is 11.4. The van der Waals surface area contributed by atoms with Gasteiger partial charge in [0.1, 0.15) is 0 Å². The first kappa shape index (κ1) is 14.4. The molecule has 1 unspecified atom stereocenters. The quantitative estimate of drug-likeness (QED) is 0.841. The van der Waals surface area contributed by atoms with Gasteiger partial charge in [-0.05, 0) is 11.6 Å². The predicted molar refractivity (Wildman–Crippen MR) is 75.6 cm³/mol. The van der Waals surface area contributed by atoms with Crippen LogP contribution in [0.25, 0.3) is 0 Å². The number of alkyl halides is 1. The number of aliphatic imine (C=N–C) groups is 1. The van der Waals surface area contributed by atoms with E-state index >= 15 is 0 Å². The largest absolute Gasteiger partial charge is 0.355 e. The van der Waals surface area contributed by atoms with Gasteiger partial charge in [0.25, 0.3) is 0 Å². The van der Waals surface area contributed by atoms with Crippen LogP contribution in [0.5, 0.6) is 0 Å². The third-order valence-electron chi connectivity index (χ3n) is 2.37. The molecule has 0 saturated carbocycles. The summed E-state index contributed by atoms with van der Waals surface area (Å²) in [5.74, 6) is 0.817. The maximum Gasteiger partial charge on any atom is 0.191 e. The van der Waals surface area contributed by atoms with Crippen molar-refractivity contribution in [3.63, 3.8) is 0 Å². The van der Waals surface area contributed by atoms with Gasteiger partial charge in [0.05, 0.1) is 11.9 Å². The molecule has 0 aromatic heterocycles. The minimum Gasteiger partial charge on any atom is -0.355 e. The first-order valence-electron chi connectivity index (χ1n) is 5.18. The number of nitrogens with zero attached hydrogens (tertiary/aromatic N) is 1. The summed E-state index contributed by atoms with van der Waals surface area (Å²) in [4.78, 5) is 4.23. The minimum absolute atomic E-state index is 0. The van der Waals surface area contributed by atoms with Crippen LogP contribution >= 0.6 is 35.6 Å². The van der Waals surface area contributed by atoms with Crippen molar-refractivity contribution < 1.29 is 0 Å². The van der Waals surface area contributed by atoms with Crippen LogP contribution in [0.4, 0.5) is 0 Å². The molecule has 0 radical (unpaired) electrons. The van der Waals surface area contributed by atoms with E-state index < -0.39 is 0 Å². The summed E-state index contributed by atoms with van der Waals surface area (Å²) >= 11 is 12.3. The minimum atomic E-state index is -0.154. The fourth-order valence-corrected chi connectivity index (χ4v) is 2.13. The molecular formula is C11H14Cl3N3. The number of rotatable bonds is 3. The van der Waals surface area contributed by atoms with Crippen LogP contribution in [0.2, 0.25) is 5.02 Å². The van der Waals surface area contributed by atoms with Gasteiger partial charge in [-0.1, -0.05) is 29.8 Å². The standard InChI is InChI=1S/C11H13Cl2N3.ClH/c12-9-4-2-1-3-8(9)10(13)7-16-11-14-5-6-15-11;/h1-4,10H,5-7H2,(H2,14,15,16);1H. The van der Waals surface area contributed by atoms with Crippen LogP contribution in [-0.2, 0) is 0 Å². The molecule has 0 saturated heterocycles. The second-order valence-corrected chi connectivity index (χ2v) is 4.46. The van der Waals surface area contributed by atoms with Crippen molar-refractivity contribution in [1.29, 1.82) is 0 Å².